The fourth-order valence-electron chi connectivity index (χ4n) is 2.35. The summed E-state index contributed by atoms with van der Waals surface area (Å²) in [7, 11) is 0. The van der Waals surface area contributed by atoms with E-state index in [0.29, 0.717) is 18.7 Å². The van der Waals surface area contributed by atoms with Crippen molar-refractivity contribution in [3.63, 3.8) is 0 Å². The van der Waals surface area contributed by atoms with Crippen LogP contribution in [-0.4, -0.2) is 27.8 Å². The quantitative estimate of drug-likeness (QED) is 0.533. The molecule has 0 radical (unpaired) electrons. The Morgan fingerprint density at radius 3 is 3.27 bits per heavy atom. The largest absolute Gasteiger partial charge is 0.411 e. The van der Waals surface area contributed by atoms with Crippen LogP contribution in [0.5, 0.6) is 0 Å². The summed E-state index contributed by atoms with van der Waals surface area (Å²) in [6.45, 7) is 0.668. The van der Waals surface area contributed by atoms with Crippen LogP contribution in [0.3, 0.4) is 0 Å². The highest BCUT2D eigenvalue weighted by Gasteiger charge is 2.40. The van der Waals surface area contributed by atoms with Crippen molar-refractivity contribution < 1.29 is 10.0 Å². The van der Waals surface area contributed by atoms with E-state index in [9.17, 15) is 4.79 Å². The van der Waals surface area contributed by atoms with E-state index in [-0.39, 0.29) is 11.9 Å². The van der Waals surface area contributed by atoms with Crippen molar-refractivity contribution in [1.82, 2.24) is 4.90 Å². The number of nitrogens with zero attached hydrogens (tertiary/aromatic N) is 2. The standard InChI is InChI=1S/C10H10N2O2S/c13-8-2-1-7-9(11-14)10-6(3-4-15-10)5-12(7)8/h3-4,7,14H,1-2,5H2/b11-9-. The summed E-state index contributed by atoms with van der Waals surface area (Å²) < 4.78 is 0. The Bertz CT molecular complexity index is 452. The highest BCUT2D eigenvalue weighted by atomic mass is 32.1. The molecule has 5 heteroatoms. The summed E-state index contributed by atoms with van der Waals surface area (Å²) in [5.74, 6) is 0.165. The first-order valence-corrected chi connectivity index (χ1v) is 5.77. The molecule has 1 fully saturated rings. The van der Waals surface area contributed by atoms with Gasteiger partial charge in [-0.3, -0.25) is 4.79 Å². The molecule has 0 bridgehead atoms. The molecule has 1 aromatic heterocycles. The fraction of sp³-hybridized carbons (Fsp3) is 0.400. The van der Waals surface area contributed by atoms with Crippen molar-refractivity contribution in [2.24, 2.45) is 5.16 Å². The molecule has 1 unspecified atom stereocenters. The van der Waals surface area contributed by atoms with Crippen molar-refractivity contribution >= 4 is 23.0 Å². The molecule has 3 heterocycles. The fourth-order valence-corrected chi connectivity index (χ4v) is 3.30. The molecule has 4 nitrogen and oxygen atoms in total. The Morgan fingerprint density at radius 2 is 2.47 bits per heavy atom. The van der Waals surface area contributed by atoms with Crippen LogP contribution in [0.2, 0.25) is 0 Å². The number of carbonyl (C=O) groups is 1. The lowest BCUT2D eigenvalue weighted by molar-refractivity contribution is -0.128. The van der Waals surface area contributed by atoms with Crippen molar-refractivity contribution in [3.05, 3.63) is 21.9 Å². The van der Waals surface area contributed by atoms with Crippen LogP contribution < -0.4 is 0 Å². The predicted molar refractivity (Wildman–Crippen MR) is 56.2 cm³/mol. The number of rotatable bonds is 0. The van der Waals surface area contributed by atoms with E-state index >= 15 is 0 Å². The third-order valence-electron chi connectivity index (χ3n) is 3.07. The molecule has 0 saturated carbocycles. The molecule has 1 aromatic rings. The molecule has 0 aromatic carbocycles. The highest BCUT2D eigenvalue weighted by Crippen LogP contribution is 2.33. The van der Waals surface area contributed by atoms with Crippen LogP contribution in [-0.2, 0) is 11.3 Å². The predicted octanol–water partition coefficient (Wildman–Crippen LogP) is 1.43. The molecule has 1 atom stereocenters. The number of thiophene rings is 1. The van der Waals surface area contributed by atoms with Crippen molar-refractivity contribution in [2.45, 2.75) is 25.4 Å². The van der Waals surface area contributed by atoms with Crippen LogP contribution in [0.25, 0.3) is 0 Å². The van der Waals surface area contributed by atoms with Gasteiger partial charge in [0.25, 0.3) is 0 Å². The average molecular weight is 222 g/mol. The first-order valence-electron chi connectivity index (χ1n) is 4.89. The van der Waals surface area contributed by atoms with E-state index in [1.165, 1.54) is 0 Å². The normalized spacial score (nSPS) is 26.9. The van der Waals surface area contributed by atoms with Gasteiger partial charge in [0.1, 0.15) is 5.71 Å². The van der Waals surface area contributed by atoms with Gasteiger partial charge in [-0.2, -0.15) is 0 Å². The lowest BCUT2D eigenvalue weighted by Gasteiger charge is -2.30. The molecule has 15 heavy (non-hydrogen) atoms. The summed E-state index contributed by atoms with van der Waals surface area (Å²) in [6.07, 6.45) is 1.34. The van der Waals surface area contributed by atoms with Crippen molar-refractivity contribution in [2.75, 3.05) is 0 Å². The molecule has 3 rings (SSSR count). The maximum atomic E-state index is 11.6. The lowest BCUT2D eigenvalue weighted by atomic mass is 10.0. The van der Waals surface area contributed by atoms with E-state index < -0.39 is 0 Å². The van der Waals surface area contributed by atoms with Gasteiger partial charge in [0.2, 0.25) is 5.91 Å². The van der Waals surface area contributed by atoms with Crippen molar-refractivity contribution in [1.29, 1.82) is 0 Å². The second-order valence-corrected chi connectivity index (χ2v) is 4.75. The molecule has 1 saturated heterocycles. The first-order chi connectivity index (χ1) is 7.31. The molecular formula is C10H10N2O2S. The third-order valence-corrected chi connectivity index (χ3v) is 4.05. The minimum absolute atomic E-state index is 0.00588. The van der Waals surface area contributed by atoms with Gasteiger partial charge in [0, 0.05) is 13.0 Å². The molecule has 1 N–H and O–H groups in total. The zero-order valence-electron chi connectivity index (χ0n) is 8.01. The van der Waals surface area contributed by atoms with E-state index in [1.807, 2.05) is 16.3 Å². The maximum absolute atomic E-state index is 11.6. The van der Waals surface area contributed by atoms with Gasteiger partial charge in [-0.05, 0) is 23.4 Å². The number of amides is 1. The summed E-state index contributed by atoms with van der Waals surface area (Å²) in [5, 5.41) is 14.4. The maximum Gasteiger partial charge on any atom is 0.223 e. The average Bonchev–Trinajstić information content (AvgIpc) is 2.83. The first kappa shape index (κ1) is 8.91. The molecule has 1 amide bonds. The number of hydrogen-bond acceptors (Lipinski definition) is 4. The third kappa shape index (κ3) is 1.13. The van der Waals surface area contributed by atoms with E-state index in [0.717, 1.165) is 16.9 Å². The Hall–Kier alpha value is -1.36. The van der Waals surface area contributed by atoms with Gasteiger partial charge < -0.3 is 10.1 Å². The molecular weight excluding hydrogens is 212 g/mol. The van der Waals surface area contributed by atoms with Crippen LogP contribution in [0.15, 0.2) is 16.6 Å². The number of carbonyl (C=O) groups excluding carboxylic acids is 1. The molecule has 2 aliphatic rings. The van der Waals surface area contributed by atoms with E-state index in [4.69, 9.17) is 5.21 Å². The van der Waals surface area contributed by atoms with Crippen molar-refractivity contribution in [3.8, 4) is 0 Å². The lowest BCUT2D eigenvalue weighted by Crippen LogP contribution is -2.42. The minimum Gasteiger partial charge on any atom is -0.411 e. The van der Waals surface area contributed by atoms with Crippen LogP contribution in [0.4, 0.5) is 0 Å². The van der Waals surface area contributed by atoms with E-state index in [1.54, 1.807) is 11.3 Å². The second kappa shape index (κ2) is 3.06. The van der Waals surface area contributed by atoms with Gasteiger partial charge in [-0.1, -0.05) is 5.16 Å². The van der Waals surface area contributed by atoms with Gasteiger partial charge in [-0.25, -0.2) is 0 Å². The Morgan fingerprint density at radius 1 is 1.60 bits per heavy atom. The minimum atomic E-state index is -0.00588. The Labute approximate surface area is 90.8 Å². The number of oxime groups is 1. The van der Waals surface area contributed by atoms with Crippen LogP contribution >= 0.6 is 11.3 Å². The molecule has 2 aliphatic heterocycles. The van der Waals surface area contributed by atoms with Crippen LogP contribution in [0, 0.1) is 0 Å². The molecule has 0 spiro atoms. The summed E-state index contributed by atoms with van der Waals surface area (Å²) >= 11 is 1.58. The van der Waals surface area contributed by atoms with Crippen LogP contribution in [0.1, 0.15) is 23.3 Å². The summed E-state index contributed by atoms with van der Waals surface area (Å²) in [5.41, 5.74) is 1.76. The summed E-state index contributed by atoms with van der Waals surface area (Å²) in [6, 6.07) is 1.99. The Balaban J connectivity index is 2.12. The van der Waals surface area contributed by atoms with Gasteiger partial charge >= 0.3 is 0 Å². The van der Waals surface area contributed by atoms with Gasteiger partial charge in [0.05, 0.1) is 10.9 Å². The van der Waals surface area contributed by atoms with E-state index in [2.05, 4.69) is 5.16 Å². The second-order valence-electron chi connectivity index (χ2n) is 3.84. The zero-order chi connectivity index (χ0) is 10.4. The Kier molecular flexibility index (Phi) is 1.82. The molecule has 0 aliphatic carbocycles. The zero-order valence-corrected chi connectivity index (χ0v) is 8.83. The monoisotopic (exact) mass is 222 g/mol. The summed E-state index contributed by atoms with van der Waals surface area (Å²) in [4.78, 5) is 14.4. The number of hydrogen-bond donors (Lipinski definition) is 1. The number of fused-ring (bicyclic) bond motifs is 2. The highest BCUT2D eigenvalue weighted by molar-refractivity contribution is 7.12. The van der Waals surface area contributed by atoms with Gasteiger partial charge in [-0.15, -0.1) is 11.3 Å². The smallest absolute Gasteiger partial charge is 0.223 e. The topological polar surface area (TPSA) is 52.9 Å². The SMILES string of the molecule is O=C1CCC2/C(=N/O)c3sccc3CN12. The molecule has 78 valence electrons. The van der Waals surface area contributed by atoms with Gasteiger partial charge in [0.15, 0.2) is 0 Å².